The van der Waals surface area contributed by atoms with Gasteiger partial charge in [-0.3, -0.25) is 14.6 Å². The third kappa shape index (κ3) is 4.57. The van der Waals surface area contributed by atoms with Gasteiger partial charge in [0.25, 0.3) is 5.56 Å². The summed E-state index contributed by atoms with van der Waals surface area (Å²) < 4.78 is 28.4. The first kappa shape index (κ1) is 22.1. The summed E-state index contributed by atoms with van der Waals surface area (Å²) in [6.45, 7) is 1.53. The molecular formula is C24H20F2N4O3. The first-order chi connectivity index (χ1) is 15.8. The van der Waals surface area contributed by atoms with Gasteiger partial charge in [0.2, 0.25) is 5.91 Å². The van der Waals surface area contributed by atoms with E-state index < -0.39 is 40.9 Å². The number of nitrogens with one attached hydrogen (secondary N) is 2. The van der Waals surface area contributed by atoms with Gasteiger partial charge in [-0.1, -0.05) is 36.4 Å². The van der Waals surface area contributed by atoms with Crippen molar-refractivity contribution >= 4 is 16.8 Å². The van der Waals surface area contributed by atoms with Gasteiger partial charge in [-0.25, -0.2) is 18.1 Å². The standard InChI is InChI=1S/C24H20F2N4O3/c1-14(17-8-7-16(25)12-19(17)26)28-22(31)21(11-15-5-3-2-4-6-15)30-23(32)18-9-10-27-13-20(18)29-24(30)33/h2-10,12-14,21H,11H2,1H3,(H,28,31)(H,29,33)/t14-,21+/m1/s1. The molecule has 2 N–H and O–H groups in total. The first-order valence-corrected chi connectivity index (χ1v) is 10.2. The lowest BCUT2D eigenvalue weighted by Gasteiger charge is -2.22. The fourth-order valence-corrected chi connectivity index (χ4v) is 3.74. The highest BCUT2D eigenvalue weighted by atomic mass is 19.1. The molecule has 0 radical (unpaired) electrons. The van der Waals surface area contributed by atoms with E-state index in [1.54, 1.807) is 30.3 Å². The molecule has 0 unspecified atom stereocenters. The van der Waals surface area contributed by atoms with Crippen molar-refractivity contribution in [1.29, 1.82) is 0 Å². The molecule has 7 nitrogen and oxygen atoms in total. The van der Waals surface area contributed by atoms with Gasteiger partial charge in [-0.05, 0) is 24.6 Å². The van der Waals surface area contributed by atoms with Crippen molar-refractivity contribution in [2.75, 3.05) is 0 Å². The molecule has 4 aromatic rings. The van der Waals surface area contributed by atoms with Crippen LogP contribution in [0.1, 0.15) is 30.1 Å². The highest BCUT2D eigenvalue weighted by molar-refractivity contribution is 5.82. The molecule has 0 aliphatic carbocycles. The van der Waals surface area contributed by atoms with E-state index in [9.17, 15) is 23.2 Å². The van der Waals surface area contributed by atoms with Crippen LogP contribution in [0.5, 0.6) is 0 Å². The van der Waals surface area contributed by atoms with E-state index in [2.05, 4.69) is 15.3 Å². The number of hydrogen-bond acceptors (Lipinski definition) is 4. The molecule has 2 aromatic carbocycles. The van der Waals surface area contributed by atoms with E-state index in [0.717, 1.165) is 22.3 Å². The number of H-pyrrole nitrogens is 1. The Morgan fingerprint density at radius 2 is 1.88 bits per heavy atom. The molecule has 9 heteroatoms. The number of pyridine rings is 1. The molecule has 0 aliphatic heterocycles. The summed E-state index contributed by atoms with van der Waals surface area (Å²) in [6.07, 6.45) is 2.82. The van der Waals surface area contributed by atoms with Crippen LogP contribution in [-0.4, -0.2) is 20.4 Å². The number of aromatic amines is 1. The van der Waals surface area contributed by atoms with Gasteiger partial charge in [0.1, 0.15) is 17.7 Å². The second-order valence-corrected chi connectivity index (χ2v) is 7.63. The summed E-state index contributed by atoms with van der Waals surface area (Å²) in [5.41, 5.74) is -0.358. The lowest BCUT2D eigenvalue weighted by Crippen LogP contribution is -2.46. The van der Waals surface area contributed by atoms with Gasteiger partial charge in [-0.2, -0.15) is 0 Å². The number of benzene rings is 2. The van der Waals surface area contributed by atoms with Crippen LogP contribution < -0.4 is 16.6 Å². The minimum Gasteiger partial charge on any atom is -0.348 e. The van der Waals surface area contributed by atoms with Gasteiger partial charge in [0.05, 0.1) is 23.1 Å². The first-order valence-electron chi connectivity index (χ1n) is 10.2. The number of hydrogen-bond donors (Lipinski definition) is 2. The predicted octanol–water partition coefficient (Wildman–Crippen LogP) is 3.02. The molecular weight excluding hydrogens is 430 g/mol. The Balaban J connectivity index is 1.76. The molecule has 4 rings (SSSR count). The van der Waals surface area contributed by atoms with Crippen molar-refractivity contribution in [3.05, 3.63) is 111 Å². The van der Waals surface area contributed by atoms with E-state index in [1.165, 1.54) is 31.5 Å². The van der Waals surface area contributed by atoms with Crippen molar-refractivity contribution in [2.45, 2.75) is 25.4 Å². The van der Waals surface area contributed by atoms with Gasteiger partial charge in [0.15, 0.2) is 0 Å². The third-order valence-electron chi connectivity index (χ3n) is 5.40. The van der Waals surface area contributed by atoms with Crippen LogP contribution in [0.15, 0.2) is 76.6 Å². The molecule has 0 saturated heterocycles. The van der Waals surface area contributed by atoms with Crippen LogP contribution >= 0.6 is 0 Å². The molecule has 0 aliphatic rings. The minimum atomic E-state index is -1.22. The Labute approximate surface area is 186 Å². The number of fused-ring (bicyclic) bond motifs is 1. The maximum atomic E-state index is 14.2. The van der Waals surface area contributed by atoms with Crippen molar-refractivity contribution in [3.8, 4) is 0 Å². The lowest BCUT2D eigenvalue weighted by molar-refractivity contribution is -0.125. The van der Waals surface area contributed by atoms with Crippen LogP contribution in [0.25, 0.3) is 10.9 Å². The normalized spacial score (nSPS) is 12.9. The van der Waals surface area contributed by atoms with Crippen molar-refractivity contribution in [2.24, 2.45) is 0 Å². The smallest absolute Gasteiger partial charge is 0.329 e. The number of carbonyl (C=O) groups is 1. The Morgan fingerprint density at radius 1 is 1.12 bits per heavy atom. The lowest BCUT2D eigenvalue weighted by atomic mass is 10.0. The minimum absolute atomic E-state index is 0.0465. The quantitative estimate of drug-likeness (QED) is 0.472. The van der Waals surface area contributed by atoms with Gasteiger partial charge in [0, 0.05) is 24.2 Å². The van der Waals surface area contributed by atoms with Gasteiger partial charge >= 0.3 is 5.69 Å². The van der Waals surface area contributed by atoms with Crippen molar-refractivity contribution < 1.29 is 13.6 Å². The molecule has 168 valence electrons. The summed E-state index contributed by atoms with van der Waals surface area (Å²) >= 11 is 0. The average Bonchev–Trinajstić information content (AvgIpc) is 2.79. The highest BCUT2D eigenvalue weighted by Gasteiger charge is 2.27. The Bertz CT molecular complexity index is 1430. The number of nitrogens with zero attached hydrogens (tertiary/aromatic N) is 2. The maximum Gasteiger partial charge on any atom is 0.329 e. The van der Waals surface area contributed by atoms with Crippen LogP contribution in [0, 0.1) is 11.6 Å². The van der Waals surface area contributed by atoms with Crippen LogP contribution in [0.2, 0.25) is 0 Å². The number of halogens is 2. The highest BCUT2D eigenvalue weighted by Crippen LogP contribution is 2.20. The Kier molecular flexibility index (Phi) is 6.12. The second-order valence-electron chi connectivity index (χ2n) is 7.63. The number of amides is 1. The van der Waals surface area contributed by atoms with E-state index in [0.29, 0.717) is 0 Å². The van der Waals surface area contributed by atoms with Crippen molar-refractivity contribution in [3.63, 3.8) is 0 Å². The summed E-state index contributed by atoms with van der Waals surface area (Å²) in [7, 11) is 0. The molecule has 0 bridgehead atoms. The molecule has 0 spiro atoms. The maximum absolute atomic E-state index is 14.2. The van der Waals surface area contributed by atoms with Gasteiger partial charge < -0.3 is 10.3 Å². The van der Waals surface area contributed by atoms with E-state index in [4.69, 9.17) is 0 Å². The molecule has 2 heterocycles. The summed E-state index contributed by atoms with van der Waals surface area (Å²) in [4.78, 5) is 45.8. The zero-order valence-electron chi connectivity index (χ0n) is 17.6. The van der Waals surface area contributed by atoms with E-state index in [1.807, 2.05) is 0 Å². The van der Waals surface area contributed by atoms with E-state index >= 15 is 0 Å². The van der Waals surface area contributed by atoms with Crippen LogP contribution in [0.3, 0.4) is 0 Å². The van der Waals surface area contributed by atoms with Crippen molar-refractivity contribution in [1.82, 2.24) is 19.9 Å². The molecule has 2 atom stereocenters. The third-order valence-corrected chi connectivity index (χ3v) is 5.40. The monoisotopic (exact) mass is 450 g/mol. The van der Waals surface area contributed by atoms with Crippen LogP contribution in [0.4, 0.5) is 8.78 Å². The fraction of sp³-hybridized carbons (Fsp3) is 0.167. The Hall–Kier alpha value is -4.14. The molecule has 1 amide bonds. The largest absolute Gasteiger partial charge is 0.348 e. The second kappa shape index (κ2) is 9.15. The number of rotatable bonds is 6. The van der Waals surface area contributed by atoms with Gasteiger partial charge in [-0.15, -0.1) is 0 Å². The molecule has 2 aromatic heterocycles. The summed E-state index contributed by atoms with van der Waals surface area (Å²) in [5, 5.41) is 2.85. The summed E-state index contributed by atoms with van der Waals surface area (Å²) in [6, 6.07) is 11.4. The zero-order chi connectivity index (χ0) is 23.5. The molecule has 0 saturated carbocycles. The molecule has 33 heavy (non-hydrogen) atoms. The SMILES string of the molecule is C[C@@H](NC(=O)[C@H](Cc1ccccc1)n1c(=O)[nH]c2cnccc2c1=O)c1ccc(F)cc1F. The average molecular weight is 450 g/mol. The number of carbonyl (C=O) groups excluding carboxylic acids is 1. The number of aromatic nitrogens is 3. The zero-order valence-corrected chi connectivity index (χ0v) is 17.6. The predicted molar refractivity (Wildman–Crippen MR) is 119 cm³/mol. The Morgan fingerprint density at radius 3 is 2.61 bits per heavy atom. The fourth-order valence-electron chi connectivity index (χ4n) is 3.74. The summed E-state index contributed by atoms with van der Waals surface area (Å²) in [5.74, 6) is -2.20. The topological polar surface area (TPSA) is 96.8 Å². The van der Waals surface area contributed by atoms with E-state index in [-0.39, 0.29) is 22.9 Å². The van der Waals surface area contributed by atoms with Crippen LogP contribution in [-0.2, 0) is 11.2 Å². The molecule has 0 fully saturated rings.